The van der Waals surface area contributed by atoms with E-state index in [0.717, 1.165) is 25.9 Å². The molecular weight excluding hydrogens is 289 g/mol. The summed E-state index contributed by atoms with van der Waals surface area (Å²) in [5.41, 5.74) is 0. The number of hydrogen-bond acceptors (Lipinski definition) is 5. The quantitative estimate of drug-likeness (QED) is 0.693. The molecule has 2 saturated heterocycles. The van der Waals surface area contributed by atoms with Gasteiger partial charge in [-0.05, 0) is 0 Å². The Morgan fingerprint density at radius 3 is 1.33 bits per heavy atom. The first-order valence-corrected chi connectivity index (χ1v) is 10.4. The van der Waals surface area contributed by atoms with E-state index in [1.54, 1.807) is 0 Å². The molecule has 126 valence electrons. The van der Waals surface area contributed by atoms with Crippen LogP contribution in [0.15, 0.2) is 0 Å². The van der Waals surface area contributed by atoms with Crippen LogP contribution in [0.2, 0.25) is 0 Å². The zero-order valence-electron chi connectivity index (χ0n) is 14.4. The fraction of sp³-hybridized carbons (Fsp3) is 1.00. The minimum absolute atomic E-state index is 0.00488. The molecule has 2 rings (SSSR count). The molecule has 2 heterocycles. The zero-order chi connectivity index (χ0) is 15.7. The van der Waals surface area contributed by atoms with Gasteiger partial charge in [-0.25, -0.2) is 0 Å². The topological polar surface area (TPSA) is 40.2 Å². The van der Waals surface area contributed by atoms with Gasteiger partial charge >= 0.3 is 129 Å². The average molecular weight is 321 g/mol. The van der Waals surface area contributed by atoms with Crippen molar-refractivity contribution in [2.75, 3.05) is 19.4 Å². The standard InChI is InChI=1S/C15H32NO4P/c1-7-9-16(10-8-2)11-21(17-12(3)13(4)18-21)19-14(5)15(6)20-21/h12-15H,7-11H2,1-6H3/t12-,13+,14-,15+. The summed E-state index contributed by atoms with van der Waals surface area (Å²) in [7, 11) is -3.47. The average Bonchev–Trinajstić information content (AvgIpc) is 2.75. The van der Waals surface area contributed by atoms with E-state index in [0.29, 0.717) is 6.29 Å². The van der Waals surface area contributed by atoms with E-state index >= 15 is 0 Å². The van der Waals surface area contributed by atoms with Crippen LogP contribution in [0.4, 0.5) is 0 Å². The Morgan fingerprint density at radius 1 is 0.714 bits per heavy atom. The van der Waals surface area contributed by atoms with E-state index in [9.17, 15) is 0 Å². The second-order valence-corrected chi connectivity index (χ2v) is 9.52. The van der Waals surface area contributed by atoms with Gasteiger partial charge in [0, 0.05) is 0 Å². The molecule has 0 radical (unpaired) electrons. The van der Waals surface area contributed by atoms with Crippen LogP contribution >= 0.6 is 7.51 Å². The summed E-state index contributed by atoms with van der Waals surface area (Å²) in [4.78, 5) is 2.37. The summed E-state index contributed by atoms with van der Waals surface area (Å²) in [5, 5.41) is 0. The number of rotatable bonds is 6. The molecule has 2 aliphatic heterocycles. The van der Waals surface area contributed by atoms with Crippen molar-refractivity contribution >= 4 is 7.51 Å². The van der Waals surface area contributed by atoms with Crippen molar-refractivity contribution in [2.45, 2.75) is 78.8 Å². The summed E-state index contributed by atoms with van der Waals surface area (Å²) in [6.07, 6.45) is 2.84. The molecule has 0 aromatic carbocycles. The Morgan fingerprint density at radius 2 is 1.05 bits per heavy atom. The van der Waals surface area contributed by atoms with Crippen molar-refractivity contribution in [2.24, 2.45) is 0 Å². The Hall–Kier alpha value is 0.230. The Kier molecular flexibility index (Phi) is 5.35. The van der Waals surface area contributed by atoms with Gasteiger partial charge in [0.1, 0.15) is 0 Å². The minimum atomic E-state index is -3.47. The molecule has 0 bridgehead atoms. The van der Waals surface area contributed by atoms with Gasteiger partial charge in [-0.15, -0.1) is 0 Å². The van der Waals surface area contributed by atoms with Crippen LogP contribution in [0.25, 0.3) is 0 Å². The Balaban J connectivity index is 2.25. The van der Waals surface area contributed by atoms with E-state index in [2.05, 4.69) is 18.7 Å². The first-order chi connectivity index (χ1) is 9.83. The molecule has 0 unspecified atom stereocenters. The normalized spacial score (nSPS) is 39.7. The molecule has 0 saturated carbocycles. The molecule has 0 aromatic rings. The maximum atomic E-state index is 6.30. The summed E-state index contributed by atoms with van der Waals surface area (Å²) in [6, 6.07) is 0. The number of nitrogens with zero attached hydrogens (tertiary/aromatic N) is 1. The third-order valence-electron chi connectivity index (χ3n) is 4.31. The molecule has 5 nitrogen and oxygen atoms in total. The van der Waals surface area contributed by atoms with Crippen LogP contribution < -0.4 is 0 Å². The van der Waals surface area contributed by atoms with Gasteiger partial charge in [-0.3, -0.25) is 0 Å². The zero-order valence-corrected chi connectivity index (χ0v) is 15.3. The van der Waals surface area contributed by atoms with Gasteiger partial charge in [0.15, 0.2) is 0 Å². The van der Waals surface area contributed by atoms with Crippen LogP contribution in [0.5, 0.6) is 0 Å². The predicted octanol–water partition coefficient (Wildman–Crippen LogP) is 3.93. The van der Waals surface area contributed by atoms with E-state index in [1.165, 1.54) is 0 Å². The van der Waals surface area contributed by atoms with Crippen LogP contribution in [-0.4, -0.2) is 48.7 Å². The molecule has 2 aliphatic rings. The molecule has 0 amide bonds. The van der Waals surface area contributed by atoms with Crippen LogP contribution in [0.1, 0.15) is 54.4 Å². The van der Waals surface area contributed by atoms with Gasteiger partial charge < -0.3 is 0 Å². The molecule has 4 atom stereocenters. The fourth-order valence-corrected chi connectivity index (χ4v) is 7.88. The van der Waals surface area contributed by atoms with Gasteiger partial charge in [0.25, 0.3) is 0 Å². The Bertz CT molecular complexity index is 310. The van der Waals surface area contributed by atoms with E-state index in [4.69, 9.17) is 18.1 Å². The molecule has 21 heavy (non-hydrogen) atoms. The maximum absolute atomic E-state index is 6.30. The first kappa shape index (κ1) is 17.6. The molecule has 6 heteroatoms. The molecule has 1 spiro atoms. The summed E-state index contributed by atoms with van der Waals surface area (Å²) in [6.45, 7) is 14.6. The molecule has 2 fully saturated rings. The molecule has 0 aliphatic carbocycles. The van der Waals surface area contributed by atoms with Crippen molar-refractivity contribution in [3.05, 3.63) is 0 Å². The van der Waals surface area contributed by atoms with Crippen molar-refractivity contribution in [1.82, 2.24) is 4.90 Å². The SMILES string of the molecule is CCCN(CCC)CP12(O[C@@H](C)[C@@H](C)O1)O[C@@H](C)[C@@H](C)O2. The van der Waals surface area contributed by atoms with E-state index in [-0.39, 0.29) is 24.4 Å². The van der Waals surface area contributed by atoms with Crippen molar-refractivity contribution in [1.29, 1.82) is 0 Å². The molecule has 0 N–H and O–H groups in total. The summed E-state index contributed by atoms with van der Waals surface area (Å²) < 4.78 is 25.2. The summed E-state index contributed by atoms with van der Waals surface area (Å²) >= 11 is 0. The van der Waals surface area contributed by atoms with Crippen molar-refractivity contribution < 1.29 is 18.1 Å². The fourth-order valence-electron chi connectivity index (χ4n) is 3.12. The van der Waals surface area contributed by atoms with Gasteiger partial charge in [0.2, 0.25) is 0 Å². The van der Waals surface area contributed by atoms with Crippen LogP contribution in [0.3, 0.4) is 0 Å². The van der Waals surface area contributed by atoms with E-state index < -0.39 is 7.51 Å². The second kappa shape index (κ2) is 6.38. The van der Waals surface area contributed by atoms with Crippen LogP contribution in [-0.2, 0) is 18.1 Å². The second-order valence-electron chi connectivity index (χ2n) is 6.47. The predicted molar refractivity (Wildman–Crippen MR) is 86.1 cm³/mol. The number of hydrogen-bond donors (Lipinski definition) is 0. The first-order valence-electron chi connectivity index (χ1n) is 8.33. The van der Waals surface area contributed by atoms with Crippen molar-refractivity contribution in [3.63, 3.8) is 0 Å². The molecular formula is C15H32NO4P. The van der Waals surface area contributed by atoms with Gasteiger partial charge in [-0.1, -0.05) is 0 Å². The Labute approximate surface area is 129 Å². The van der Waals surface area contributed by atoms with Crippen molar-refractivity contribution in [3.8, 4) is 0 Å². The summed E-state index contributed by atoms with van der Waals surface area (Å²) in [5.74, 6) is 0. The third kappa shape index (κ3) is 3.44. The van der Waals surface area contributed by atoms with Gasteiger partial charge in [0.05, 0.1) is 0 Å². The van der Waals surface area contributed by atoms with Crippen LogP contribution in [0, 0.1) is 0 Å². The van der Waals surface area contributed by atoms with Gasteiger partial charge in [-0.2, -0.15) is 0 Å². The third-order valence-corrected chi connectivity index (χ3v) is 8.13. The molecule has 0 aromatic heterocycles. The monoisotopic (exact) mass is 321 g/mol. The van der Waals surface area contributed by atoms with E-state index in [1.807, 2.05) is 27.7 Å².